The highest BCUT2D eigenvalue weighted by Gasteiger charge is 2.09. The van der Waals surface area contributed by atoms with E-state index in [1.165, 1.54) is 19.2 Å². The first kappa shape index (κ1) is 15.1. The van der Waals surface area contributed by atoms with E-state index < -0.39 is 21.9 Å². The van der Waals surface area contributed by atoms with Gasteiger partial charge in [-0.1, -0.05) is 6.07 Å². The van der Waals surface area contributed by atoms with Crippen molar-refractivity contribution in [3.63, 3.8) is 0 Å². The average molecular weight is 286 g/mol. The smallest absolute Gasteiger partial charge is 0.337 e. The van der Waals surface area contributed by atoms with Crippen LogP contribution in [0.2, 0.25) is 0 Å². The minimum atomic E-state index is -3.42. The maximum absolute atomic E-state index is 11.5. The van der Waals surface area contributed by atoms with Gasteiger partial charge in [-0.2, -0.15) is 0 Å². The van der Waals surface area contributed by atoms with Gasteiger partial charge in [-0.3, -0.25) is 4.79 Å². The molecule has 0 unspecified atom stereocenters. The molecule has 0 saturated carbocycles. The molecular weight excluding hydrogens is 272 g/mol. The Hall–Kier alpha value is -1.93. The van der Waals surface area contributed by atoms with E-state index in [4.69, 9.17) is 0 Å². The van der Waals surface area contributed by atoms with Gasteiger partial charge in [0.15, 0.2) is 0 Å². The number of sulfonamides is 1. The number of rotatable bonds is 5. The first-order valence-corrected chi connectivity index (χ1v) is 7.14. The van der Waals surface area contributed by atoms with Crippen LogP contribution in [0.1, 0.15) is 10.4 Å². The van der Waals surface area contributed by atoms with Crippen LogP contribution in [0, 0.1) is 0 Å². The molecule has 0 aliphatic heterocycles. The Labute approximate surface area is 111 Å². The van der Waals surface area contributed by atoms with E-state index in [1.54, 1.807) is 12.1 Å². The third kappa shape index (κ3) is 5.49. The van der Waals surface area contributed by atoms with Crippen LogP contribution in [0.4, 0.5) is 5.69 Å². The van der Waals surface area contributed by atoms with Gasteiger partial charge >= 0.3 is 5.97 Å². The van der Waals surface area contributed by atoms with E-state index in [0.29, 0.717) is 5.69 Å². The third-order valence-electron chi connectivity index (χ3n) is 2.06. The van der Waals surface area contributed by atoms with Crippen molar-refractivity contribution in [3.05, 3.63) is 29.8 Å². The largest absolute Gasteiger partial charge is 0.465 e. The standard InChI is InChI=1S/C11H14N2O5S/c1-18-11(15)8-4-3-5-9(6-8)13-10(14)7-12-19(2,16)17/h3-6,12H,7H2,1-2H3,(H,13,14). The van der Waals surface area contributed by atoms with Crippen molar-refractivity contribution in [1.82, 2.24) is 4.72 Å². The van der Waals surface area contributed by atoms with E-state index >= 15 is 0 Å². The Morgan fingerprint density at radius 1 is 1.32 bits per heavy atom. The van der Waals surface area contributed by atoms with Crippen molar-refractivity contribution in [2.45, 2.75) is 0 Å². The molecule has 8 heteroatoms. The Balaban J connectivity index is 2.67. The van der Waals surface area contributed by atoms with E-state index in [2.05, 4.69) is 14.8 Å². The minimum absolute atomic E-state index is 0.288. The lowest BCUT2D eigenvalue weighted by molar-refractivity contribution is -0.115. The van der Waals surface area contributed by atoms with Crippen LogP contribution in [-0.4, -0.2) is 40.2 Å². The van der Waals surface area contributed by atoms with Crippen molar-refractivity contribution in [2.75, 3.05) is 25.2 Å². The Morgan fingerprint density at radius 2 is 2.00 bits per heavy atom. The van der Waals surface area contributed by atoms with Gasteiger partial charge in [0.25, 0.3) is 0 Å². The summed E-state index contributed by atoms with van der Waals surface area (Å²) >= 11 is 0. The summed E-state index contributed by atoms with van der Waals surface area (Å²) in [6, 6.07) is 6.12. The van der Waals surface area contributed by atoms with Crippen LogP contribution in [0.3, 0.4) is 0 Å². The molecule has 0 heterocycles. The minimum Gasteiger partial charge on any atom is -0.465 e. The fourth-order valence-electron chi connectivity index (χ4n) is 1.24. The predicted molar refractivity (Wildman–Crippen MR) is 69.3 cm³/mol. The molecule has 1 rings (SSSR count). The van der Waals surface area contributed by atoms with E-state index in [0.717, 1.165) is 6.26 Å². The van der Waals surface area contributed by atoms with E-state index in [1.807, 2.05) is 0 Å². The van der Waals surface area contributed by atoms with Gasteiger partial charge in [0.2, 0.25) is 15.9 Å². The maximum atomic E-state index is 11.5. The summed E-state index contributed by atoms with van der Waals surface area (Å²) < 4.78 is 28.2. The topological polar surface area (TPSA) is 102 Å². The van der Waals surface area contributed by atoms with Crippen molar-refractivity contribution in [3.8, 4) is 0 Å². The zero-order valence-electron chi connectivity index (χ0n) is 10.5. The van der Waals surface area contributed by atoms with Crippen LogP contribution < -0.4 is 10.0 Å². The molecule has 19 heavy (non-hydrogen) atoms. The summed E-state index contributed by atoms with van der Waals surface area (Å²) in [6.07, 6.45) is 0.957. The summed E-state index contributed by atoms with van der Waals surface area (Å²) in [4.78, 5) is 22.7. The molecule has 0 aliphatic rings. The summed E-state index contributed by atoms with van der Waals surface area (Å²) in [7, 11) is -2.17. The molecule has 0 bridgehead atoms. The molecule has 1 amide bonds. The van der Waals surface area contributed by atoms with Gasteiger partial charge in [-0.25, -0.2) is 17.9 Å². The van der Waals surface area contributed by atoms with Crippen LogP contribution in [0.15, 0.2) is 24.3 Å². The van der Waals surface area contributed by atoms with Gasteiger partial charge < -0.3 is 10.1 Å². The van der Waals surface area contributed by atoms with Gasteiger partial charge in [0.1, 0.15) is 0 Å². The quantitative estimate of drug-likeness (QED) is 0.740. The second-order valence-electron chi connectivity index (χ2n) is 3.71. The SMILES string of the molecule is COC(=O)c1cccc(NC(=O)CNS(C)(=O)=O)c1. The predicted octanol–water partition coefficient (Wildman–Crippen LogP) is -0.0391. The van der Waals surface area contributed by atoms with Crippen molar-refractivity contribution in [2.24, 2.45) is 0 Å². The summed E-state index contributed by atoms with van der Waals surface area (Å²) in [5, 5.41) is 2.46. The van der Waals surface area contributed by atoms with E-state index in [-0.39, 0.29) is 12.1 Å². The number of amides is 1. The number of ether oxygens (including phenoxy) is 1. The van der Waals surface area contributed by atoms with Crippen LogP contribution >= 0.6 is 0 Å². The van der Waals surface area contributed by atoms with Crippen LogP contribution in [-0.2, 0) is 19.6 Å². The number of hydrogen-bond acceptors (Lipinski definition) is 5. The van der Waals surface area contributed by atoms with Crippen molar-refractivity contribution >= 4 is 27.6 Å². The first-order valence-electron chi connectivity index (χ1n) is 5.24. The Bertz CT molecular complexity index is 583. The Kier molecular flexibility index (Phi) is 5.02. The zero-order chi connectivity index (χ0) is 14.5. The van der Waals surface area contributed by atoms with Crippen molar-refractivity contribution in [1.29, 1.82) is 0 Å². The summed E-state index contributed by atoms with van der Waals surface area (Å²) in [6.45, 7) is -0.374. The Morgan fingerprint density at radius 3 is 2.58 bits per heavy atom. The zero-order valence-corrected chi connectivity index (χ0v) is 11.3. The highest BCUT2D eigenvalue weighted by Crippen LogP contribution is 2.11. The highest BCUT2D eigenvalue weighted by molar-refractivity contribution is 7.88. The monoisotopic (exact) mass is 286 g/mol. The molecule has 0 saturated heterocycles. The number of benzene rings is 1. The number of hydrogen-bond donors (Lipinski definition) is 2. The number of carbonyl (C=O) groups is 2. The van der Waals surface area contributed by atoms with Crippen LogP contribution in [0.25, 0.3) is 0 Å². The van der Waals surface area contributed by atoms with Gasteiger partial charge in [-0.05, 0) is 18.2 Å². The molecule has 0 atom stereocenters. The highest BCUT2D eigenvalue weighted by atomic mass is 32.2. The number of methoxy groups -OCH3 is 1. The summed E-state index contributed by atoms with van der Waals surface area (Å²) in [5.41, 5.74) is 0.666. The van der Waals surface area contributed by atoms with Crippen LogP contribution in [0.5, 0.6) is 0 Å². The lowest BCUT2D eigenvalue weighted by atomic mass is 10.2. The molecule has 1 aromatic carbocycles. The molecule has 0 fully saturated rings. The average Bonchev–Trinajstić information content (AvgIpc) is 2.35. The van der Waals surface area contributed by atoms with Crippen molar-refractivity contribution < 1.29 is 22.7 Å². The van der Waals surface area contributed by atoms with Gasteiger partial charge in [0.05, 0.1) is 25.5 Å². The first-order chi connectivity index (χ1) is 8.81. The number of anilines is 1. The fraction of sp³-hybridized carbons (Fsp3) is 0.273. The second-order valence-corrected chi connectivity index (χ2v) is 5.55. The normalized spacial score (nSPS) is 10.8. The second kappa shape index (κ2) is 6.30. The molecule has 1 aromatic rings. The number of carbonyl (C=O) groups excluding carboxylic acids is 2. The lowest BCUT2D eigenvalue weighted by Crippen LogP contribution is -2.32. The molecule has 2 N–H and O–H groups in total. The number of esters is 1. The summed E-state index contributed by atoms with van der Waals surface area (Å²) in [5.74, 6) is -1.06. The molecule has 7 nitrogen and oxygen atoms in total. The molecular formula is C11H14N2O5S. The maximum Gasteiger partial charge on any atom is 0.337 e. The lowest BCUT2D eigenvalue weighted by Gasteiger charge is -2.07. The molecule has 0 spiro atoms. The molecule has 0 aliphatic carbocycles. The number of nitrogens with one attached hydrogen (secondary N) is 2. The molecule has 104 valence electrons. The van der Waals surface area contributed by atoms with Gasteiger partial charge in [0, 0.05) is 5.69 Å². The molecule has 0 aromatic heterocycles. The van der Waals surface area contributed by atoms with E-state index in [9.17, 15) is 18.0 Å². The molecule has 0 radical (unpaired) electrons. The fourth-order valence-corrected chi connectivity index (χ4v) is 1.64. The van der Waals surface area contributed by atoms with Gasteiger partial charge in [-0.15, -0.1) is 0 Å². The third-order valence-corrected chi connectivity index (χ3v) is 2.73.